The van der Waals surface area contributed by atoms with Gasteiger partial charge in [-0.2, -0.15) is 0 Å². The number of alkyl halides is 1. The SMILES string of the molecule is CC(F)(C(=O)O)C(=O)O.[NaH]. The first kappa shape index (κ1) is 12.5. The predicted octanol–water partition coefficient (Wildman–Crippen LogP) is -0.765. The van der Waals surface area contributed by atoms with Crippen LogP contribution in [0.2, 0.25) is 0 Å². The summed E-state index contributed by atoms with van der Waals surface area (Å²) in [5.41, 5.74) is -3.17. The van der Waals surface area contributed by atoms with Crippen molar-refractivity contribution in [3.63, 3.8) is 0 Å². The van der Waals surface area contributed by atoms with Gasteiger partial charge < -0.3 is 10.2 Å². The zero-order valence-electron chi connectivity index (χ0n) is 4.59. The van der Waals surface area contributed by atoms with E-state index in [0.29, 0.717) is 6.92 Å². The average Bonchev–Trinajstić information content (AvgIpc) is 1.65. The Morgan fingerprint density at radius 3 is 1.50 bits per heavy atom. The zero-order chi connectivity index (χ0) is 7.65. The van der Waals surface area contributed by atoms with Crippen LogP contribution in [0.5, 0.6) is 0 Å². The molecule has 10 heavy (non-hydrogen) atoms. The van der Waals surface area contributed by atoms with E-state index in [9.17, 15) is 14.0 Å². The van der Waals surface area contributed by atoms with Gasteiger partial charge in [-0.3, -0.25) is 0 Å². The third-order valence-corrected chi connectivity index (χ3v) is 0.803. The molecule has 0 aliphatic heterocycles. The summed E-state index contributed by atoms with van der Waals surface area (Å²) in [6.07, 6.45) is 0. The third kappa shape index (κ3) is 2.64. The van der Waals surface area contributed by atoms with Gasteiger partial charge in [-0.15, -0.1) is 0 Å². The van der Waals surface area contributed by atoms with Crippen molar-refractivity contribution in [1.29, 1.82) is 0 Å². The monoisotopic (exact) mass is 160 g/mol. The number of aliphatic carboxylic acids is 2. The first-order chi connectivity index (χ1) is 3.89. The van der Waals surface area contributed by atoms with E-state index in [0.717, 1.165) is 0 Å². The second-order valence-electron chi connectivity index (χ2n) is 1.61. The van der Waals surface area contributed by atoms with E-state index in [1.165, 1.54) is 0 Å². The summed E-state index contributed by atoms with van der Waals surface area (Å²) in [5, 5.41) is 15.7. The van der Waals surface area contributed by atoms with Crippen molar-refractivity contribution in [1.82, 2.24) is 0 Å². The van der Waals surface area contributed by atoms with E-state index < -0.39 is 17.6 Å². The Balaban J connectivity index is 0. The van der Waals surface area contributed by atoms with Crippen LogP contribution in [0, 0.1) is 0 Å². The molecule has 0 amide bonds. The van der Waals surface area contributed by atoms with Crippen LogP contribution in [0.4, 0.5) is 4.39 Å². The summed E-state index contributed by atoms with van der Waals surface area (Å²) in [6, 6.07) is 0. The van der Waals surface area contributed by atoms with Crippen molar-refractivity contribution >= 4 is 41.5 Å². The molecule has 0 saturated heterocycles. The molecule has 0 spiro atoms. The number of carbonyl (C=O) groups is 2. The molecule has 6 heteroatoms. The normalized spacial score (nSPS) is 9.80. The fourth-order valence-electron chi connectivity index (χ4n) is 0.0915. The minimum atomic E-state index is -3.17. The van der Waals surface area contributed by atoms with Crippen LogP contribution < -0.4 is 0 Å². The van der Waals surface area contributed by atoms with Gasteiger partial charge in [0.1, 0.15) is 0 Å². The van der Waals surface area contributed by atoms with Crippen molar-refractivity contribution in [2.75, 3.05) is 0 Å². The van der Waals surface area contributed by atoms with Crippen LogP contribution in [0.15, 0.2) is 0 Å². The second-order valence-corrected chi connectivity index (χ2v) is 1.61. The molecule has 0 unspecified atom stereocenters. The first-order valence-corrected chi connectivity index (χ1v) is 2.04. The van der Waals surface area contributed by atoms with Crippen molar-refractivity contribution in [3.05, 3.63) is 0 Å². The molecule has 4 nitrogen and oxygen atoms in total. The Morgan fingerprint density at radius 2 is 1.50 bits per heavy atom. The molecule has 0 aromatic carbocycles. The fourth-order valence-corrected chi connectivity index (χ4v) is 0.0915. The summed E-state index contributed by atoms with van der Waals surface area (Å²) in [7, 11) is 0. The molecule has 54 valence electrons. The summed E-state index contributed by atoms with van der Waals surface area (Å²) >= 11 is 0. The first-order valence-electron chi connectivity index (χ1n) is 2.04. The maximum atomic E-state index is 12.1. The van der Waals surface area contributed by atoms with Gasteiger partial charge >= 0.3 is 41.5 Å². The van der Waals surface area contributed by atoms with Crippen molar-refractivity contribution in [2.24, 2.45) is 0 Å². The zero-order valence-corrected chi connectivity index (χ0v) is 4.59. The molecule has 0 fully saturated rings. The topological polar surface area (TPSA) is 74.6 Å². The van der Waals surface area contributed by atoms with Gasteiger partial charge in [-0.25, -0.2) is 14.0 Å². The standard InChI is InChI=1S/C4H5FO4.Na.H/c1-4(5,2(6)7)3(8)9;;/h1H3,(H,6,7)(H,8,9);;. The van der Waals surface area contributed by atoms with Gasteiger partial charge in [0.25, 0.3) is 5.67 Å². The number of rotatable bonds is 2. The molecule has 0 rings (SSSR count). The van der Waals surface area contributed by atoms with Crippen molar-refractivity contribution in [3.8, 4) is 0 Å². The van der Waals surface area contributed by atoms with E-state index in [-0.39, 0.29) is 29.6 Å². The predicted molar refractivity (Wildman–Crippen MR) is 31.9 cm³/mol. The van der Waals surface area contributed by atoms with E-state index >= 15 is 0 Å². The molecule has 0 aliphatic rings. The van der Waals surface area contributed by atoms with E-state index in [1.807, 2.05) is 0 Å². The Bertz CT molecular complexity index is 139. The van der Waals surface area contributed by atoms with Crippen LogP contribution in [0.3, 0.4) is 0 Å². The third-order valence-electron chi connectivity index (χ3n) is 0.803. The molecule has 0 heterocycles. The summed E-state index contributed by atoms with van der Waals surface area (Å²) in [4.78, 5) is 19.4. The van der Waals surface area contributed by atoms with Gasteiger partial charge in [0.2, 0.25) is 0 Å². The Labute approximate surface area is 78.3 Å². The van der Waals surface area contributed by atoms with Crippen molar-refractivity contribution < 1.29 is 24.2 Å². The van der Waals surface area contributed by atoms with Crippen LogP contribution in [-0.2, 0) is 9.59 Å². The Kier molecular flexibility index (Phi) is 4.89. The van der Waals surface area contributed by atoms with Gasteiger partial charge in [-0.05, 0) is 6.92 Å². The minimum absolute atomic E-state index is 0. The average molecular weight is 160 g/mol. The van der Waals surface area contributed by atoms with Gasteiger partial charge in [0, 0.05) is 0 Å². The second kappa shape index (κ2) is 3.90. The molecule has 0 aromatic rings. The van der Waals surface area contributed by atoms with Crippen LogP contribution in [0.1, 0.15) is 6.92 Å². The summed E-state index contributed by atoms with van der Waals surface area (Å²) < 4.78 is 12.1. The summed E-state index contributed by atoms with van der Waals surface area (Å²) in [6.45, 7) is 0.470. The van der Waals surface area contributed by atoms with Crippen LogP contribution in [-0.4, -0.2) is 57.4 Å². The Morgan fingerprint density at radius 1 is 1.30 bits per heavy atom. The molecular weight excluding hydrogens is 154 g/mol. The molecule has 0 aliphatic carbocycles. The number of carboxylic acid groups (broad SMARTS) is 2. The van der Waals surface area contributed by atoms with Gasteiger partial charge in [0.05, 0.1) is 0 Å². The molecule has 0 aromatic heterocycles. The number of hydrogen-bond acceptors (Lipinski definition) is 2. The van der Waals surface area contributed by atoms with Gasteiger partial charge in [-0.1, -0.05) is 0 Å². The van der Waals surface area contributed by atoms with Crippen molar-refractivity contribution in [2.45, 2.75) is 12.6 Å². The van der Waals surface area contributed by atoms with E-state index in [2.05, 4.69) is 0 Å². The Hall–Kier alpha value is -0.130. The molecule has 0 saturated carbocycles. The number of carboxylic acids is 2. The number of hydrogen-bond donors (Lipinski definition) is 2. The molecular formula is C4H6FNaO4. The summed E-state index contributed by atoms with van der Waals surface area (Å²) in [5.74, 6) is -3.98. The molecule has 0 bridgehead atoms. The van der Waals surface area contributed by atoms with E-state index in [1.54, 1.807) is 0 Å². The molecule has 2 N–H and O–H groups in total. The maximum absolute atomic E-state index is 12.1. The fraction of sp³-hybridized carbons (Fsp3) is 0.500. The van der Waals surface area contributed by atoms with Crippen LogP contribution >= 0.6 is 0 Å². The van der Waals surface area contributed by atoms with E-state index in [4.69, 9.17) is 10.2 Å². The molecule has 0 radical (unpaired) electrons. The quantitative estimate of drug-likeness (QED) is 0.411. The number of halogens is 1. The van der Waals surface area contributed by atoms with Crippen LogP contribution in [0.25, 0.3) is 0 Å². The van der Waals surface area contributed by atoms with Gasteiger partial charge in [0.15, 0.2) is 0 Å². The molecule has 0 atom stereocenters.